The van der Waals surface area contributed by atoms with Crippen molar-refractivity contribution in [1.29, 1.82) is 0 Å². The van der Waals surface area contributed by atoms with E-state index in [-0.39, 0.29) is 0 Å². The van der Waals surface area contributed by atoms with Gasteiger partial charge in [-0.3, -0.25) is 5.21 Å². The number of aliphatic hydroxyl groups is 1. The molecule has 0 saturated carbocycles. The fourth-order valence-electron chi connectivity index (χ4n) is 0.659. The van der Waals surface area contributed by atoms with E-state index in [1.165, 1.54) is 6.20 Å². The lowest BCUT2D eigenvalue weighted by molar-refractivity contribution is -0.164. The third kappa shape index (κ3) is 0.993. The highest BCUT2D eigenvalue weighted by Gasteiger charge is 2.10. The second kappa shape index (κ2) is 2.15. The Hall–Kier alpha value is -0.540. The van der Waals surface area contributed by atoms with Crippen molar-refractivity contribution in [3.05, 3.63) is 12.3 Å². The van der Waals surface area contributed by atoms with Crippen molar-refractivity contribution in [2.75, 3.05) is 0 Å². The van der Waals surface area contributed by atoms with E-state index in [4.69, 9.17) is 10.3 Å². The molecule has 0 radical (unpaired) electrons. The first kappa shape index (κ1) is 5.59. The van der Waals surface area contributed by atoms with Crippen molar-refractivity contribution < 1.29 is 10.3 Å². The average Bonchev–Trinajstić information content (AvgIpc) is 1.77. The second-order valence-corrected chi connectivity index (χ2v) is 1.82. The summed E-state index contributed by atoms with van der Waals surface area (Å²) in [7, 11) is 0. The van der Waals surface area contributed by atoms with Crippen LogP contribution in [0.25, 0.3) is 0 Å². The van der Waals surface area contributed by atoms with Crippen molar-refractivity contribution in [1.82, 2.24) is 5.06 Å². The summed E-state index contributed by atoms with van der Waals surface area (Å²) in [6.07, 6.45) is 4.05. The third-order valence-corrected chi connectivity index (χ3v) is 1.16. The Bertz CT molecular complexity index is 103. The summed E-state index contributed by atoms with van der Waals surface area (Å²) in [4.78, 5) is 0. The van der Waals surface area contributed by atoms with Crippen LogP contribution in [-0.4, -0.2) is 21.6 Å². The first-order chi connectivity index (χ1) is 3.80. The average molecular weight is 115 g/mol. The molecule has 0 aliphatic carbocycles. The number of rotatable bonds is 0. The lowest BCUT2D eigenvalue weighted by atomic mass is 10.2. The maximum Gasteiger partial charge on any atom is 0.150 e. The van der Waals surface area contributed by atoms with Crippen molar-refractivity contribution in [3.8, 4) is 0 Å². The van der Waals surface area contributed by atoms with Crippen LogP contribution in [0.1, 0.15) is 12.8 Å². The van der Waals surface area contributed by atoms with Crippen LogP contribution < -0.4 is 0 Å². The lowest BCUT2D eigenvalue weighted by Crippen LogP contribution is -2.28. The number of hydrogen-bond donors (Lipinski definition) is 2. The molecule has 1 rings (SSSR count). The van der Waals surface area contributed by atoms with Gasteiger partial charge in [-0.25, -0.2) is 5.06 Å². The largest absolute Gasteiger partial charge is 0.371 e. The van der Waals surface area contributed by atoms with Gasteiger partial charge in [0.2, 0.25) is 0 Å². The predicted molar refractivity (Wildman–Crippen MR) is 28.0 cm³/mol. The molecule has 1 unspecified atom stereocenters. The van der Waals surface area contributed by atoms with Gasteiger partial charge in [0.05, 0.1) is 0 Å². The molecule has 0 spiro atoms. The first-order valence-electron chi connectivity index (χ1n) is 2.62. The van der Waals surface area contributed by atoms with Crippen LogP contribution in [-0.2, 0) is 0 Å². The molecule has 46 valence electrons. The molecule has 0 fully saturated rings. The smallest absolute Gasteiger partial charge is 0.150 e. The maximum atomic E-state index is 8.80. The molecule has 1 aliphatic rings. The van der Waals surface area contributed by atoms with Crippen LogP contribution in [0, 0.1) is 0 Å². The van der Waals surface area contributed by atoms with E-state index in [1.54, 1.807) is 0 Å². The minimum absolute atomic E-state index is 0.618. The highest BCUT2D eigenvalue weighted by atomic mass is 16.5. The molecule has 1 atom stereocenters. The molecule has 3 heteroatoms. The number of hydroxylamine groups is 2. The van der Waals surface area contributed by atoms with Gasteiger partial charge in [0, 0.05) is 6.20 Å². The number of hydrogen-bond acceptors (Lipinski definition) is 3. The summed E-state index contributed by atoms with van der Waals surface area (Å²) >= 11 is 0. The molecule has 2 N–H and O–H groups in total. The molecular formula is C5H9NO2. The molecular weight excluding hydrogens is 106 g/mol. The number of aliphatic hydroxyl groups excluding tert-OH is 1. The Morgan fingerprint density at radius 3 is 2.75 bits per heavy atom. The molecule has 1 heterocycles. The van der Waals surface area contributed by atoms with Crippen molar-refractivity contribution in [2.24, 2.45) is 0 Å². The van der Waals surface area contributed by atoms with Gasteiger partial charge in [-0.05, 0) is 12.8 Å². The Kier molecular flexibility index (Phi) is 1.50. The van der Waals surface area contributed by atoms with Gasteiger partial charge < -0.3 is 5.11 Å². The molecule has 0 saturated heterocycles. The minimum atomic E-state index is -0.694. The van der Waals surface area contributed by atoms with Crippen LogP contribution >= 0.6 is 0 Å². The van der Waals surface area contributed by atoms with E-state index < -0.39 is 6.23 Å². The zero-order valence-electron chi connectivity index (χ0n) is 4.49. The molecule has 3 nitrogen and oxygen atoms in total. The standard InChI is InChI=1S/C5H9NO2/c7-5-3-1-2-4-6(5)8/h2,4-5,7-8H,1,3H2. The summed E-state index contributed by atoms with van der Waals surface area (Å²) in [5.74, 6) is 0. The Morgan fingerprint density at radius 2 is 2.38 bits per heavy atom. The third-order valence-electron chi connectivity index (χ3n) is 1.16. The molecule has 0 aromatic heterocycles. The van der Waals surface area contributed by atoms with Crippen LogP contribution in [0.15, 0.2) is 12.3 Å². The number of allylic oxidation sites excluding steroid dienone is 1. The summed E-state index contributed by atoms with van der Waals surface area (Å²) in [6, 6.07) is 0. The predicted octanol–water partition coefficient (Wildman–Crippen LogP) is 0.303. The Labute approximate surface area is 47.8 Å². The quantitative estimate of drug-likeness (QED) is 0.477. The lowest BCUT2D eigenvalue weighted by Gasteiger charge is -2.21. The van der Waals surface area contributed by atoms with Gasteiger partial charge in [-0.2, -0.15) is 0 Å². The fraction of sp³-hybridized carbons (Fsp3) is 0.600. The van der Waals surface area contributed by atoms with Gasteiger partial charge >= 0.3 is 0 Å². The summed E-state index contributed by atoms with van der Waals surface area (Å²) in [5.41, 5.74) is 0. The molecule has 0 aromatic carbocycles. The highest BCUT2D eigenvalue weighted by Crippen LogP contribution is 2.08. The molecule has 0 aromatic rings. The number of nitrogens with zero attached hydrogens (tertiary/aromatic N) is 1. The zero-order valence-corrected chi connectivity index (χ0v) is 4.49. The Balaban J connectivity index is 2.47. The summed E-state index contributed by atoms with van der Waals surface area (Å²) in [5, 5.41) is 18.3. The fourth-order valence-corrected chi connectivity index (χ4v) is 0.659. The summed E-state index contributed by atoms with van der Waals surface area (Å²) in [6.45, 7) is 0. The Morgan fingerprint density at radius 1 is 1.62 bits per heavy atom. The van der Waals surface area contributed by atoms with Gasteiger partial charge in [0.1, 0.15) is 0 Å². The van der Waals surface area contributed by atoms with E-state index in [1.807, 2.05) is 6.08 Å². The van der Waals surface area contributed by atoms with Gasteiger partial charge in [-0.1, -0.05) is 6.08 Å². The minimum Gasteiger partial charge on any atom is -0.371 e. The van der Waals surface area contributed by atoms with Crippen molar-refractivity contribution >= 4 is 0 Å². The maximum absolute atomic E-state index is 8.80. The van der Waals surface area contributed by atoms with Gasteiger partial charge in [-0.15, -0.1) is 0 Å². The molecule has 8 heavy (non-hydrogen) atoms. The van der Waals surface area contributed by atoms with E-state index in [0.717, 1.165) is 11.5 Å². The van der Waals surface area contributed by atoms with E-state index >= 15 is 0 Å². The molecule has 1 aliphatic heterocycles. The van der Waals surface area contributed by atoms with E-state index in [9.17, 15) is 0 Å². The van der Waals surface area contributed by atoms with E-state index in [2.05, 4.69) is 0 Å². The first-order valence-corrected chi connectivity index (χ1v) is 2.62. The topological polar surface area (TPSA) is 43.7 Å². The van der Waals surface area contributed by atoms with Crippen LogP contribution in [0.2, 0.25) is 0 Å². The molecule has 0 bridgehead atoms. The van der Waals surface area contributed by atoms with Crippen LogP contribution in [0.3, 0.4) is 0 Å². The van der Waals surface area contributed by atoms with Crippen LogP contribution in [0.4, 0.5) is 0 Å². The van der Waals surface area contributed by atoms with Gasteiger partial charge in [0.15, 0.2) is 6.23 Å². The zero-order chi connectivity index (χ0) is 5.98. The van der Waals surface area contributed by atoms with Gasteiger partial charge in [0.25, 0.3) is 0 Å². The highest BCUT2D eigenvalue weighted by molar-refractivity contribution is 4.84. The van der Waals surface area contributed by atoms with Crippen LogP contribution in [0.5, 0.6) is 0 Å². The summed E-state index contributed by atoms with van der Waals surface area (Å²) < 4.78 is 0. The second-order valence-electron chi connectivity index (χ2n) is 1.82. The monoisotopic (exact) mass is 115 g/mol. The normalized spacial score (nSPS) is 28.8. The van der Waals surface area contributed by atoms with Crippen molar-refractivity contribution in [3.63, 3.8) is 0 Å². The molecule has 0 amide bonds. The van der Waals surface area contributed by atoms with Crippen molar-refractivity contribution in [2.45, 2.75) is 19.1 Å². The van der Waals surface area contributed by atoms with E-state index in [0.29, 0.717) is 6.42 Å². The SMILES string of the molecule is OC1CCC=CN1O.